The van der Waals surface area contributed by atoms with Gasteiger partial charge in [-0.3, -0.25) is 19.8 Å². The van der Waals surface area contributed by atoms with Crippen LogP contribution in [0.15, 0.2) is 64.2 Å². The van der Waals surface area contributed by atoms with E-state index < -0.39 is 11.9 Å². The van der Waals surface area contributed by atoms with Gasteiger partial charge in [0.05, 0.1) is 16.7 Å². The highest BCUT2D eigenvalue weighted by Gasteiger charge is 2.28. The summed E-state index contributed by atoms with van der Waals surface area (Å²) >= 11 is 0. The first kappa shape index (κ1) is 19.3. The van der Waals surface area contributed by atoms with Crippen LogP contribution >= 0.6 is 0 Å². The maximum absolute atomic E-state index is 12.5. The van der Waals surface area contributed by atoms with Crippen LogP contribution in [0.5, 0.6) is 5.75 Å². The van der Waals surface area contributed by atoms with Gasteiger partial charge in [0.25, 0.3) is 11.1 Å². The third-order valence-electron chi connectivity index (χ3n) is 5.04. The summed E-state index contributed by atoms with van der Waals surface area (Å²) in [4.78, 5) is 37.2. The van der Waals surface area contributed by atoms with E-state index in [9.17, 15) is 14.4 Å². The molecule has 0 aliphatic heterocycles. The molecule has 8 nitrogen and oxygen atoms in total. The Morgan fingerprint density at radius 3 is 1.77 bits per heavy atom. The number of benzene rings is 2. The molecule has 2 heterocycles. The summed E-state index contributed by atoms with van der Waals surface area (Å²) in [6.45, 7) is 3.54. The Bertz CT molecular complexity index is 1240. The van der Waals surface area contributed by atoms with E-state index in [1.54, 1.807) is 62.4 Å². The Morgan fingerprint density at radius 2 is 1.30 bits per heavy atom. The number of aromatic amines is 4. The van der Waals surface area contributed by atoms with Gasteiger partial charge in [-0.15, -0.1) is 0 Å². The van der Waals surface area contributed by atoms with E-state index in [1.165, 1.54) is 0 Å². The fourth-order valence-electron chi connectivity index (χ4n) is 3.55. The highest BCUT2D eigenvalue weighted by atomic mass is 16.5. The molecule has 0 fully saturated rings. The van der Waals surface area contributed by atoms with E-state index >= 15 is 0 Å². The molecule has 0 radical (unpaired) electrons. The van der Waals surface area contributed by atoms with Crippen molar-refractivity contribution < 1.29 is 9.53 Å². The molecule has 2 aromatic carbocycles. The Labute approximate surface area is 170 Å². The topological polar surface area (TPSA) is 124 Å². The van der Waals surface area contributed by atoms with Gasteiger partial charge in [0.15, 0.2) is 0 Å². The van der Waals surface area contributed by atoms with Gasteiger partial charge in [-0.1, -0.05) is 30.3 Å². The zero-order valence-corrected chi connectivity index (χ0v) is 16.4. The fourth-order valence-corrected chi connectivity index (χ4v) is 3.55. The largest absolute Gasteiger partial charge is 0.423 e. The molecule has 2 aromatic heterocycles. The Balaban J connectivity index is 1.71. The summed E-state index contributed by atoms with van der Waals surface area (Å²) in [5.41, 5.74) is 2.78. The van der Waals surface area contributed by atoms with Gasteiger partial charge in [-0.05, 0) is 43.7 Å². The van der Waals surface area contributed by atoms with Crippen molar-refractivity contribution in [2.75, 3.05) is 0 Å². The van der Waals surface area contributed by atoms with E-state index in [1.807, 2.05) is 6.07 Å². The number of hydrogen-bond donors (Lipinski definition) is 4. The number of aromatic nitrogens is 4. The van der Waals surface area contributed by atoms with Crippen LogP contribution < -0.4 is 15.9 Å². The molecule has 152 valence electrons. The van der Waals surface area contributed by atoms with Crippen LogP contribution in [0.4, 0.5) is 0 Å². The minimum absolute atomic E-state index is 0.294. The maximum atomic E-state index is 12.5. The normalized spacial score (nSPS) is 11.0. The number of rotatable bonds is 5. The van der Waals surface area contributed by atoms with Gasteiger partial charge in [0, 0.05) is 17.3 Å². The standard InChI is InChI=1S/C22H20N4O4/c1-12-17(20(27)25-23-12)19(18-13(2)24-26-21(18)28)14-8-10-16(11-9-14)30-22(29)15-6-4-3-5-7-15/h3-11,19H,1-2H3,(H2,23,25,27)(H2,24,26,28). The number of H-pyrrole nitrogens is 4. The van der Waals surface area contributed by atoms with Crippen LogP contribution in [0.2, 0.25) is 0 Å². The first-order chi connectivity index (χ1) is 14.5. The molecule has 0 atom stereocenters. The lowest BCUT2D eigenvalue weighted by atomic mass is 9.85. The van der Waals surface area contributed by atoms with Crippen LogP contribution in [-0.4, -0.2) is 26.4 Å². The van der Waals surface area contributed by atoms with E-state index in [-0.39, 0.29) is 11.1 Å². The number of carbonyl (C=O) groups excluding carboxylic acids is 1. The van der Waals surface area contributed by atoms with Gasteiger partial charge < -0.3 is 14.9 Å². The van der Waals surface area contributed by atoms with Crippen LogP contribution in [0, 0.1) is 13.8 Å². The van der Waals surface area contributed by atoms with Crippen molar-refractivity contribution in [2.45, 2.75) is 19.8 Å². The summed E-state index contributed by atoms with van der Waals surface area (Å²) in [7, 11) is 0. The third-order valence-corrected chi connectivity index (χ3v) is 5.04. The molecule has 0 amide bonds. The number of nitrogens with one attached hydrogen (secondary N) is 4. The smallest absolute Gasteiger partial charge is 0.343 e. The van der Waals surface area contributed by atoms with Crippen LogP contribution in [0.3, 0.4) is 0 Å². The average Bonchev–Trinajstić information content (AvgIpc) is 3.26. The van der Waals surface area contributed by atoms with Crippen molar-refractivity contribution in [3.63, 3.8) is 0 Å². The number of hydrogen-bond acceptors (Lipinski definition) is 4. The van der Waals surface area contributed by atoms with Crippen molar-refractivity contribution in [1.82, 2.24) is 20.4 Å². The van der Waals surface area contributed by atoms with Crippen LogP contribution in [0.25, 0.3) is 0 Å². The molecule has 0 bridgehead atoms. The Hall–Kier alpha value is -4.07. The second-order valence-electron chi connectivity index (χ2n) is 6.99. The molecule has 8 heteroatoms. The zero-order valence-electron chi connectivity index (χ0n) is 16.4. The lowest BCUT2D eigenvalue weighted by molar-refractivity contribution is 0.0734. The van der Waals surface area contributed by atoms with Crippen LogP contribution in [-0.2, 0) is 0 Å². The first-order valence-electron chi connectivity index (χ1n) is 9.37. The van der Waals surface area contributed by atoms with Crippen molar-refractivity contribution >= 4 is 5.97 Å². The lowest BCUT2D eigenvalue weighted by Gasteiger charge is -2.16. The number of ether oxygens (including phenoxy) is 1. The molecule has 0 aliphatic carbocycles. The molecular weight excluding hydrogens is 384 g/mol. The quantitative estimate of drug-likeness (QED) is 0.302. The molecule has 0 aliphatic rings. The predicted octanol–water partition coefficient (Wildman–Crippen LogP) is 2.74. The minimum atomic E-state index is -0.589. The second-order valence-corrected chi connectivity index (χ2v) is 6.99. The highest BCUT2D eigenvalue weighted by Crippen LogP contribution is 2.32. The average molecular weight is 404 g/mol. The maximum Gasteiger partial charge on any atom is 0.343 e. The van der Waals surface area contributed by atoms with Crippen molar-refractivity contribution in [3.8, 4) is 5.75 Å². The molecule has 30 heavy (non-hydrogen) atoms. The van der Waals surface area contributed by atoms with Crippen LogP contribution in [0.1, 0.15) is 44.4 Å². The van der Waals surface area contributed by atoms with Gasteiger partial charge in [-0.25, -0.2) is 4.79 Å². The van der Waals surface area contributed by atoms with Crippen molar-refractivity contribution in [3.05, 3.63) is 109 Å². The molecule has 4 rings (SSSR count). The fraction of sp³-hybridized carbons (Fsp3) is 0.136. The zero-order chi connectivity index (χ0) is 21.3. The molecule has 0 spiro atoms. The summed E-state index contributed by atoms with van der Waals surface area (Å²) in [6, 6.07) is 15.5. The lowest BCUT2D eigenvalue weighted by Crippen LogP contribution is -2.20. The minimum Gasteiger partial charge on any atom is -0.423 e. The summed E-state index contributed by atoms with van der Waals surface area (Å²) in [5.74, 6) is -0.685. The molecule has 4 N–H and O–H groups in total. The SMILES string of the molecule is Cc1[nH][nH]c(=O)c1C(c1ccc(OC(=O)c2ccccc2)cc1)c1c(C)[nH][nH]c1=O. The van der Waals surface area contributed by atoms with Gasteiger partial charge in [0.2, 0.25) is 0 Å². The monoisotopic (exact) mass is 404 g/mol. The first-order valence-corrected chi connectivity index (χ1v) is 9.37. The van der Waals surface area contributed by atoms with E-state index in [0.29, 0.717) is 33.8 Å². The van der Waals surface area contributed by atoms with Crippen molar-refractivity contribution in [1.29, 1.82) is 0 Å². The van der Waals surface area contributed by atoms with E-state index in [2.05, 4.69) is 20.4 Å². The van der Waals surface area contributed by atoms with Gasteiger partial charge in [0.1, 0.15) is 5.75 Å². The molecule has 0 unspecified atom stereocenters. The molecular formula is C22H20N4O4. The van der Waals surface area contributed by atoms with E-state index in [4.69, 9.17) is 4.74 Å². The summed E-state index contributed by atoms with van der Waals surface area (Å²) in [6.07, 6.45) is 0. The molecule has 0 saturated carbocycles. The Kier molecular flexibility index (Phi) is 4.97. The summed E-state index contributed by atoms with van der Waals surface area (Å²) < 4.78 is 5.42. The van der Waals surface area contributed by atoms with E-state index in [0.717, 1.165) is 5.56 Å². The van der Waals surface area contributed by atoms with Gasteiger partial charge >= 0.3 is 5.97 Å². The number of carbonyl (C=O) groups is 1. The third kappa shape index (κ3) is 3.50. The predicted molar refractivity (Wildman–Crippen MR) is 111 cm³/mol. The number of esters is 1. The van der Waals surface area contributed by atoms with Gasteiger partial charge in [-0.2, -0.15) is 0 Å². The number of aryl methyl sites for hydroxylation is 2. The highest BCUT2D eigenvalue weighted by molar-refractivity contribution is 5.90. The molecule has 0 saturated heterocycles. The molecule has 4 aromatic rings. The second kappa shape index (κ2) is 7.75. The Morgan fingerprint density at radius 1 is 0.767 bits per heavy atom. The summed E-state index contributed by atoms with van der Waals surface area (Å²) in [5, 5.41) is 10.8. The van der Waals surface area contributed by atoms with Crippen molar-refractivity contribution in [2.24, 2.45) is 0 Å².